The molecule has 1 atom stereocenters. The molecule has 29 heavy (non-hydrogen) atoms. The van der Waals surface area contributed by atoms with E-state index in [0.29, 0.717) is 36.6 Å². The highest BCUT2D eigenvalue weighted by molar-refractivity contribution is 5.53. The molecular formula is C17H21FN10O. The maximum Gasteiger partial charge on any atom is 0.235 e. The average Bonchev–Trinajstić information content (AvgIpc) is 3.04. The van der Waals surface area contributed by atoms with Crippen LogP contribution in [0.15, 0.2) is 18.5 Å². The molecule has 4 N–H and O–H groups in total. The summed E-state index contributed by atoms with van der Waals surface area (Å²) in [7, 11) is 0. The SMILES string of the molecule is Cc1cc(Nc2nc(N[C@@H](C)c3ncc(F)cn3)nc(N3CC(C)(O)C3)n2)n[nH]1. The zero-order valence-electron chi connectivity index (χ0n) is 16.2. The summed E-state index contributed by atoms with van der Waals surface area (Å²) in [5.74, 6) is 1.46. The van der Waals surface area contributed by atoms with Crippen molar-refractivity contribution >= 4 is 23.7 Å². The highest BCUT2D eigenvalue weighted by atomic mass is 19.1. The highest BCUT2D eigenvalue weighted by Gasteiger charge is 2.38. The Hall–Kier alpha value is -3.41. The molecular weight excluding hydrogens is 379 g/mol. The maximum atomic E-state index is 13.1. The molecule has 1 aliphatic heterocycles. The fourth-order valence-corrected chi connectivity index (χ4v) is 2.94. The van der Waals surface area contributed by atoms with Crippen LogP contribution in [0.2, 0.25) is 0 Å². The monoisotopic (exact) mass is 400 g/mol. The number of aliphatic hydroxyl groups is 1. The van der Waals surface area contributed by atoms with E-state index in [0.717, 1.165) is 18.1 Å². The topological polar surface area (TPSA) is 141 Å². The third-order valence-electron chi connectivity index (χ3n) is 4.29. The number of rotatable bonds is 6. The van der Waals surface area contributed by atoms with Gasteiger partial charge in [0.05, 0.1) is 37.1 Å². The van der Waals surface area contributed by atoms with Crippen molar-refractivity contribution in [2.75, 3.05) is 28.6 Å². The maximum absolute atomic E-state index is 13.1. The summed E-state index contributed by atoms with van der Waals surface area (Å²) in [5, 5.41) is 23.1. The summed E-state index contributed by atoms with van der Waals surface area (Å²) in [4.78, 5) is 23.0. The van der Waals surface area contributed by atoms with Crippen LogP contribution in [0, 0.1) is 12.7 Å². The standard InChI is InChI=1S/C17H21FN10O/c1-9-4-12(27-26-9)22-15-23-14(21-10(2)13-19-5-11(18)6-20-13)24-16(25-15)28-7-17(3,29)8-28/h4-6,10,29H,7-8H2,1-3H3,(H3,21,22,23,24,25,26,27)/t10-/m0/s1. The van der Waals surface area contributed by atoms with Crippen molar-refractivity contribution in [3.63, 3.8) is 0 Å². The molecule has 1 fully saturated rings. The molecule has 4 rings (SSSR count). The molecule has 0 aromatic carbocycles. The van der Waals surface area contributed by atoms with E-state index in [1.165, 1.54) is 0 Å². The van der Waals surface area contributed by atoms with Gasteiger partial charge in [0.1, 0.15) is 5.82 Å². The van der Waals surface area contributed by atoms with Gasteiger partial charge in [-0.05, 0) is 20.8 Å². The second-order valence-electron chi connectivity index (χ2n) is 7.32. The lowest BCUT2D eigenvalue weighted by Crippen LogP contribution is -2.60. The van der Waals surface area contributed by atoms with Gasteiger partial charge in [-0.2, -0.15) is 20.1 Å². The summed E-state index contributed by atoms with van der Waals surface area (Å²) in [5.41, 5.74) is 0.114. The number of aromatic amines is 1. The number of hydrogen-bond acceptors (Lipinski definition) is 10. The number of nitrogens with zero attached hydrogens (tertiary/aromatic N) is 7. The number of nitrogens with one attached hydrogen (secondary N) is 3. The first-order chi connectivity index (χ1) is 13.8. The van der Waals surface area contributed by atoms with Crippen molar-refractivity contribution in [3.05, 3.63) is 35.8 Å². The van der Waals surface area contributed by atoms with Crippen LogP contribution in [0.5, 0.6) is 0 Å². The summed E-state index contributed by atoms with van der Waals surface area (Å²) < 4.78 is 13.1. The van der Waals surface area contributed by atoms with Crippen LogP contribution in [-0.4, -0.2) is 58.9 Å². The lowest BCUT2D eigenvalue weighted by atomic mass is 9.98. The van der Waals surface area contributed by atoms with Crippen molar-refractivity contribution in [1.29, 1.82) is 0 Å². The normalized spacial score (nSPS) is 16.2. The summed E-state index contributed by atoms with van der Waals surface area (Å²) in [6, 6.07) is 1.45. The molecule has 0 unspecified atom stereocenters. The number of H-pyrrole nitrogens is 1. The first kappa shape index (κ1) is 18.9. The first-order valence-electron chi connectivity index (χ1n) is 9.04. The summed E-state index contributed by atoms with van der Waals surface area (Å²) in [6.07, 6.45) is 2.21. The fourth-order valence-electron chi connectivity index (χ4n) is 2.94. The Kier molecular flexibility index (Phi) is 4.70. The largest absolute Gasteiger partial charge is 0.386 e. The van der Waals surface area contributed by atoms with E-state index in [4.69, 9.17) is 0 Å². The van der Waals surface area contributed by atoms with Gasteiger partial charge >= 0.3 is 0 Å². The van der Waals surface area contributed by atoms with Crippen LogP contribution in [0.3, 0.4) is 0 Å². The molecule has 0 aliphatic carbocycles. The summed E-state index contributed by atoms with van der Waals surface area (Å²) in [6.45, 7) is 6.28. The van der Waals surface area contributed by atoms with E-state index in [-0.39, 0.29) is 12.0 Å². The molecule has 0 saturated carbocycles. The minimum absolute atomic E-state index is 0.289. The molecule has 1 saturated heterocycles. The van der Waals surface area contributed by atoms with Gasteiger partial charge in [-0.1, -0.05) is 0 Å². The number of β-amino-alcohol motifs (C(OH)–C–C–N with tert-alkyl or cyclic N) is 1. The molecule has 12 heteroatoms. The van der Waals surface area contributed by atoms with Crippen LogP contribution in [0.25, 0.3) is 0 Å². The van der Waals surface area contributed by atoms with Crippen LogP contribution < -0.4 is 15.5 Å². The van der Waals surface area contributed by atoms with Crippen molar-refractivity contribution in [2.45, 2.75) is 32.4 Å². The Balaban J connectivity index is 1.59. The minimum atomic E-state index is -0.775. The molecule has 3 aromatic rings. The van der Waals surface area contributed by atoms with E-state index >= 15 is 0 Å². The number of halogens is 1. The van der Waals surface area contributed by atoms with E-state index in [2.05, 4.69) is 45.8 Å². The van der Waals surface area contributed by atoms with Gasteiger partial charge in [0.25, 0.3) is 0 Å². The lowest BCUT2D eigenvalue weighted by molar-refractivity contribution is 0.0300. The minimum Gasteiger partial charge on any atom is -0.386 e. The van der Waals surface area contributed by atoms with E-state index in [1.54, 1.807) is 6.92 Å². The Morgan fingerprint density at radius 3 is 2.52 bits per heavy atom. The molecule has 4 heterocycles. The number of aryl methyl sites for hydroxylation is 1. The second kappa shape index (κ2) is 7.20. The smallest absolute Gasteiger partial charge is 0.235 e. The third kappa shape index (κ3) is 4.37. The number of anilines is 4. The second-order valence-corrected chi connectivity index (χ2v) is 7.32. The van der Waals surface area contributed by atoms with Crippen LogP contribution in [0.4, 0.5) is 28.1 Å². The molecule has 0 radical (unpaired) electrons. The first-order valence-corrected chi connectivity index (χ1v) is 9.04. The van der Waals surface area contributed by atoms with E-state index < -0.39 is 11.4 Å². The predicted octanol–water partition coefficient (Wildman–Crippen LogP) is 1.32. The molecule has 0 amide bonds. The van der Waals surface area contributed by atoms with Gasteiger partial charge in [-0.15, -0.1) is 0 Å². The Morgan fingerprint density at radius 2 is 1.90 bits per heavy atom. The molecule has 3 aromatic heterocycles. The Morgan fingerprint density at radius 1 is 1.21 bits per heavy atom. The van der Waals surface area contributed by atoms with Crippen LogP contribution in [-0.2, 0) is 0 Å². The lowest BCUT2D eigenvalue weighted by Gasteiger charge is -2.44. The van der Waals surface area contributed by atoms with E-state index in [9.17, 15) is 9.50 Å². The quantitative estimate of drug-likeness (QED) is 0.479. The van der Waals surface area contributed by atoms with Gasteiger partial charge in [-0.25, -0.2) is 14.4 Å². The third-order valence-corrected chi connectivity index (χ3v) is 4.29. The molecule has 152 valence electrons. The molecule has 11 nitrogen and oxygen atoms in total. The zero-order valence-corrected chi connectivity index (χ0v) is 16.2. The van der Waals surface area contributed by atoms with Crippen molar-refractivity contribution in [1.82, 2.24) is 35.1 Å². The van der Waals surface area contributed by atoms with Gasteiger partial charge in [0, 0.05) is 11.8 Å². The van der Waals surface area contributed by atoms with Crippen molar-refractivity contribution < 1.29 is 9.50 Å². The fraction of sp³-hybridized carbons (Fsp3) is 0.412. The van der Waals surface area contributed by atoms with Crippen LogP contribution in [0.1, 0.15) is 31.4 Å². The number of aromatic nitrogens is 7. The predicted molar refractivity (Wildman–Crippen MR) is 103 cm³/mol. The van der Waals surface area contributed by atoms with Gasteiger partial charge in [-0.3, -0.25) is 5.10 Å². The Labute approximate surface area is 165 Å². The Bertz CT molecular complexity index is 998. The zero-order chi connectivity index (χ0) is 20.6. The average molecular weight is 400 g/mol. The number of hydrogen-bond donors (Lipinski definition) is 4. The van der Waals surface area contributed by atoms with Gasteiger partial charge in [0.2, 0.25) is 17.8 Å². The highest BCUT2D eigenvalue weighted by Crippen LogP contribution is 2.27. The van der Waals surface area contributed by atoms with E-state index in [1.807, 2.05) is 24.8 Å². The molecule has 0 spiro atoms. The van der Waals surface area contributed by atoms with Crippen LogP contribution >= 0.6 is 0 Å². The summed E-state index contributed by atoms with van der Waals surface area (Å²) >= 11 is 0. The molecule has 0 bridgehead atoms. The molecule has 1 aliphatic rings. The van der Waals surface area contributed by atoms with Gasteiger partial charge < -0.3 is 20.6 Å². The van der Waals surface area contributed by atoms with Crippen molar-refractivity contribution in [2.24, 2.45) is 0 Å². The van der Waals surface area contributed by atoms with Crippen molar-refractivity contribution in [3.8, 4) is 0 Å². The van der Waals surface area contributed by atoms with Gasteiger partial charge in [0.15, 0.2) is 11.6 Å².